The Bertz CT molecular complexity index is 763. The van der Waals surface area contributed by atoms with E-state index < -0.39 is 0 Å². The van der Waals surface area contributed by atoms with Gasteiger partial charge >= 0.3 is 0 Å². The van der Waals surface area contributed by atoms with E-state index in [4.69, 9.17) is 0 Å². The average molecular weight is 252 g/mol. The molecule has 0 atom stereocenters. The zero-order valence-corrected chi connectivity index (χ0v) is 10.0. The van der Waals surface area contributed by atoms with E-state index in [1.165, 1.54) is 18.2 Å². The molecule has 0 fully saturated rings. The van der Waals surface area contributed by atoms with Gasteiger partial charge in [-0.1, -0.05) is 24.3 Å². The highest BCUT2D eigenvalue weighted by Gasteiger charge is 2.10. The van der Waals surface area contributed by atoms with Gasteiger partial charge in [-0.2, -0.15) is 0 Å². The number of aromatic hydroxyl groups is 3. The average Bonchev–Trinajstić information content (AvgIpc) is 2.43. The molecule has 0 aliphatic heterocycles. The third-order valence-electron chi connectivity index (χ3n) is 3.17. The molecule has 0 heterocycles. The number of phenolic OH excluding ortho intramolecular Hbond substituents is 3. The Kier molecular flexibility index (Phi) is 2.53. The van der Waals surface area contributed by atoms with Gasteiger partial charge in [-0.3, -0.25) is 0 Å². The largest absolute Gasteiger partial charge is 0.508 e. The van der Waals surface area contributed by atoms with Crippen LogP contribution in [0.1, 0.15) is 0 Å². The molecular weight excluding hydrogens is 240 g/mol. The summed E-state index contributed by atoms with van der Waals surface area (Å²) in [5.41, 5.74) is 1.30. The Morgan fingerprint density at radius 1 is 0.579 bits per heavy atom. The Morgan fingerprint density at radius 3 is 2.05 bits per heavy atom. The first-order valence-corrected chi connectivity index (χ1v) is 5.90. The van der Waals surface area contributed by atoms with Crippen LogP contribution in [0.4, 0.5) is 0 Å². The number of benzene rings is 3. The molecule has 3 nitrogen and oxygen atoms in total. The number of fused-ring (bicyclic) bond motifs is 1. The van der Waals surface area contributed by atoms with Crippen molar-refractivity contribution in [3.8, 4) is 28.4 Å². The van der Waals surface area contributed by atoms with Crippen molar-refractivity contribution >= 4 is 10.8 Å². The summed E-state index contributed by atoms with van der Waals surface area (Å²) in [5.74, 6) is 0.373. The molecule has 94 valence electrons. The molecule has 0 aromatic heterocycles. The van der Waals surface area contributed by atoms with Crippen molar-refractivity contribution in [3.05, 3.63) is 54.6 Å². The second-order valence-electron chi connectivity index (χ2n) is 4.38. The van der Waals surface area contributed by atoms with Crippen molar-refractivity contribution in [3.63, 3.8) is 0 Å². The van der Waals surface area contributed by atoms with Crippen LogP contribution in [0.3, 0.4) is 0 Å². The molecule has 3 N–H and O–H groups in total. The molecule has 0 aliphatic rings. The lowest BCUT2D eigenvalue weighted by molar-refractivity contribution is 0.462. The molecular formula is C16H12O3. The van der Waals surface area contributed by atoms with Gasteiger partial charge in [-0.05, 0) is 41.3 Å². The fourth-order valence-electron chi connectivity index (χ4n) is 2.26. The van der Waals surface area contributed by atoms with Crippen LogP contribution in [0, 0.1) is 0 Å². The van der Waals surface area contributed by atoms with Crippen LogP contribution in [-0.2, 0) is 0 Å². The molecule has 19 heavy (non-hydrogen) atoms. The second kappa shape index (κ2) is 4.21. The number of hydrogen-bond acceptors (Lipinski definition) is 3. The molecule has 3 aromatic rings. The van der Waals surface area contributed by atoms with Gasteiger partial charge in [0.15, 0.2) is 0 Å². The topological polar surface area (TPSA) is 60.7 Å². The summed E-state index contributed by atoms with van der Waals surface area (Å²) in [6.07, 6.45) is 0. The number of rotatable bonds is 1. The highest BCUT2D eigenvalue weighted by atomic mass is 16.3. The van der Waals surface area contributed by atoms with Crippen LogP contribution in [0.5, 0.6) is 17.2 Å². The molecule has 0 saturated carbocycles. The molecule has 3 rings (SSSR count). The number of hydrogen-bond donors (Lipinski definition) is 3. The van der Waals surface area contributed by atoms with Gasteiger partial charge in [0, 0.05) is 10.9 Å². The zero-order valence-electron chi connectivity index (χ0n) is 10.0. The van der Waals surface area contributed by atoms with Gasteiger partial charge in [-0.15, -0.1) is 0 Å². The van der Waals surface area contributed by atoms with Crippen LogP contribution < -0.4 is 0 Å². The fraction of sp³-hybridized carbons (Fsp3) is 0. The second-order valence-corrected chi connectivity index (χ2v) is 4.38. The molecule has 0 aliphatic carbocycles. The first-order chi connectivity index (χ1) is 9.16. The predicted molar refractivity (Wildman–Crippen MR) is 74.4 cm³/mol. The van der Waals surface area contributed by atoms with Crippen molar-refractivity contribution in [2.75, 3.05) is 0 Å². The Balaban J connectivity index is 2.37. The lowest BCUT2D eigenvalue weighted by Gasteiger charge is -2.10. The minimum absolute atomic E-state index is 0.0879. The van der Waals surface area contributed by atoms with Crippen molar-refractivity contribution in [1.29, 1.82) is 0 Å². The Hall–Kier alpha value is -2.68. The van der Waals surface area contributed by atoms with E-state index in [-0.39, 0.29) is 17.2 Å². The van der Waals surface area contributed by atoms with Crippen molar-refractivity contribution in [1.82, 2.24) is 0 Å². The van der Waals surface area contributed by atoms with E-state index in [0.717, 1.165) is 10.9 Å². The third-order valence-corrected chi connectivity index (χ3v) is 3.17. The molecule has 3 aromatic carbocycles. The standard InChI is InChI=1S/C16H12O3/c17-10-5-7-16(19)14(9-10)12-6-8-15(18)13-4-2-1-3-11(12)13/h1-9,17-19H. The van der Waals surface area contributed by atoms with Gasteiger partial charge < -0.3 is 15.3 Å². The fourth-order valence-corrected chi connectivity index (χ4v) is 2.26. The quantitative estimate of drug-likeness (QED) is 0.580. The van der Waals surface area contributed by atoms with E-state index in [9.17, 15) is 15.3 Å². The van der Waals surface area contributed by atoms with Crippen molar-refractivity contribution < 1.29 is 15.3 Å². The Labute approximate surface area is 110 Å². The molecule has 0 unspecified atom stereocenters. The van der Waals surface area contributed by atoms with Gasteiger partial charge in [0.1, 0.15) is 17.2 Å². The maximum Gasteiger partial charge on any atom is 0.123 e. The summed E-state index contributed by atoms with van der Waals surface area (Å²) in [6, 6.07) is 15.1. The lowest BCUT2D eigenvalue weighted by atomic mass is 9.97. The zero-order chi connectivity index (χ0) is 13.4. The van der Waals surface area contributed by atoms with Gasteiger partial charge in [-0.25, -0.2) is 0 Å². The highest BCUT2D eigenvalue weighted by Crippen LogP contribution is 2.38. The first kappa shape index (κ1) is 11.4. The van der Waals surface area contributed by atoms with Crippen molar-refractivity contribution in [2.45, 2.75) is 0 Å². The first-order valence-electron chi connectivity index (χ1n) is 5.90. The maximum atomic E-state index is 9.94. The van der Waals surface area contributed by atoms with Gasteiger partial charge in [0.2, 0.25) is 0 Å². The SMILES string of the molecule is Oc1ccc(O)c(-c2ccc(O)c3ccccc23)c1. The van der Waals surface area contributed by atoms with Crippen molar-refractivity contribution in [2.24, 2.45) is 0 Å². The van der Waals surface area contributed by atoms with E-state index in [2.05, 4.69) is 0 Å². The summed E-state index contributed by atoms with van der Waals surface area (Å²) < 4.78 is 0. The summed E-state index contributed by atoms with van der Waals surface area (Å²) in [4.78, 5) is 0. The minimum Gasteiger partial charge on any atom is -0.508 e. The predicted octanol–water partition coefficient (Wildman–Crippen LogP) is 3.62. The minimum atomic E-state index is 0.0879. The lowest BCUT2D eigenvalue weighted by Crippen LogP contribution is -1.83. The van der Waals surface area contributed by atoms with Crippen LogP contribution in [0.25, 0.3) is 21.9 Å². The smallest absolute Gasteiger partial charge is 0.123 e. The summed E-state index contributed by atoms with van der Waals surface area (Å²) >= 11 is 0. The van der Waals surface area contributed by atoms with E-state index in [0.29, 0.717) is 10.9 Å². The van der Waals surface area contributed by atoms with E-state index in [1.807, 2.05) is 24.3 Å². The molecule has 3 heteroatoms. The summed E-state index contributed by atoms with van der Waals surface area (Å²) in [6.45, 7) is 0. The van der Waals surface area contributed by atoms with Crippen LogP contribution in [-0.4, -0.2) is 15.3 Å². The van der Waals surface area contributed by atoms with Gasteiger partial charge in [0.05, 0.1) is 0 Å². The molecule has 0 saturated heterocycles. The highest BCUT2D eigenvalue weighted by molar-refractivity contribution is 6.01. The normalized spacial score (nSPS) is 10.7. The van der Waals surface area contributed by atoms with E-state index in [1.54, 1.807) is 12.1 Å². The third kappa shape index (κ3) is 1.85. The molecule has 0 amide bonds. The molecule has 0 radical (unpaired) electrons. The van der Waals surface area contributed by atoms with E-state index >= 15 is 0 Å². The summed E-state index contributed by atoms with van der Waals surface area (Å²) in [7, 11) is 0. The monoisotopic (exact) mass is 252 g/mol. The maximum absolute atomic E-state index is 9.94. The molecule has 0 spiro atoms. The molecule has 0 bridgehead atoms. The van der Waals surface area contributed by atoms with Crippen LogP contribution >= 0.6 is 0 Å². The van der Waals surface area contributed by atoms with Crippen LogP contribution in [0.15, 0.2) is 54.6 Å². The number of phenols is 3. The summed E-state index contributed by atoms with van der Waals surface area (Å²) in [5, 5.41) is 30.9. The van der Waals surface area contributed by atoms with Gasteiger partial charge in [0.25, 0.3) is 0 Å². The Morgan fingerprint density at radius 2 is 1.26 bits per heavy atom. The van der Waals surface area contributed by atoms with Crippen LogP contribution in [0.2, 0.25) is 0 Å².